The first kappa shape index (κ1) is 19.4. The van der Waals surface area contributed by atoms with Gasteiger partial charge in [-0.15, -0.1) is 0 Å². The lowest BCUT2D eigenvalue weighted by molar-refractivity contribution is -0.113. The van der Waals surface area contributed by atoms with Crippen molar-refractivity contribution in [1.29, 1.82) is 0 Å². The molecule has 152 valence electrons. The van der Waals surface area contributed by atoms with Crippen molar-refractivity contribution < 1.29 is 28.2 Å². The maximum atomic E-state index is 13.2. The quantitative estimate of drug-likeness (QED) is 0.788. The molecule has 1 atom stereocenters. The molecule has 1 unspecified atom stereocenters. The van der Waals surface area contributed by atoms with E-state index in [1.165, 1.54) is 0 Å². The molecule has 0 aliphatic carbocycles. The minimum absolute atomic E-state index is 0.0865. The van der Waals surface area contributed by atoms with E-state index in [-0.39, 0.29) is 6.54 Å². The molecule has 2 aromatic carbocycles. The van der Waals surface area contributed by atoms with Crippen molar-refractivity contribution in [2.75, 3.05) is 19.6 Å². The van der Waals surface area contributed by atoms with Gasteiger partial charge in [-0.2, -0.15) is 0 Å². The van der Waals surface area contributed by atoms with Gasteiger partial charge in [-0.3, -0.25) is 4.79 Å². The Morgan fingerprint density at radius 2 is 1.93 bits per heavy atom. The van der Waals surface area contributed by atoms with Crippen LogP contribution in [0.2, 0.25) is 5.02 Å². The molecule has 0 bridgehead atoms. The van der Waals surface area contributed by atoms with E-state index in [9.17, 15) is 18.4 Å². The van der Waals surface area contributed by atoms with Crippen LogP contribution in [-0.2, 0) is 6.42 Å². The molecule has 2 aromatic rings. The van der Waals surface area contributed by atoms with Crippen LogP contribution in [0.3, 0.4) is 0 Å². The molecule has 2 aliphatic heterocycles. The number of carbonyl (C=O) groups is 2. The highest BCUT2D eigenvalue weighted by Gasteiger charge is 2.46. The second kappa shape index (κ2) is 7.18. The number of nitrogens with one attached hydrogen (secondary N) is 1. The van der Waals surface area contributed by atoms with Gasteiger partial charge in [-0.05, 0) is 23.3 Å². The summed E-state index contributed by atoms with van der Waals surface area (Å²) in [5, 5.41) is 11.5. The van der Waals surface area contributed by atoms with Gasteiger partial charge in [0.2, 0.25) is 0 Å². The van der Waals surface area contributed by atoms with Gasteiger partial charge in [0.1, 0.15) is 11.9 Å². The summed E-state index contributed by atoms with van der Waals surface area (Å²) in [4.78, 5) is 24.7. The summed E-state index contributed by atoms with van der Waals surface area (Å²) in [5.41, 5.74) is 2.37. The van der Waals surface area contributed by atoms with Crippen molar-refractivity contribution in [3.8, 4) is 16.9 Å². The standard InChI is InChI=1S/C20H17ClF2N2O4/c21-16-6-5-13(15-7-11(29-17(15)16)8-24-19(27)28)12-3-1-2-4-14(12)18(26)25-9-20(22,23)10-25/h1-6,11,24H,7-10H2,(H,27,28). The van der Waals surface area contributed by atoms with Gasteiger partial charge in [0, 0.05) is 17.5 Å². The number of hydrogen-bond acceptors (Lipinski definition) is 3. The summed E-state index contributed by atoms with van der Waals surface area (Å²) in [5.74, 6) is -2.86. The summed E-state index contributed by atoms with van der Waals surface area (Å²) in [7, 11) is 0. The summed E-state index contributed by atoms with van der Waals surface area (Å²) in [6.45, 7) is -1.10. The van der Waals surface area contributed by atoms with Gasteiger partial charge in [0.05, 0.1) is 24.7 Å². The molecule has 0 spiro atoms. The van der Waals surface area contributed by atoms with E-state index >= 15 is 0 Å². The number of carboxylic acid groups (broad SMARTS) is 1. The maximum absolute atomic E-state index is 13.2. The number of hydrogen-bond donors (Lipinski definition) is 2. The molecule has 0 aromatic heterocycles. The number of alkyl halides is 2. The Balaban J connectivity index is 1.67. The molecule has 1 saturated heterocycles. The van der Waals surface area contributed by atoms with Crippen molar-refractivity contribution in [2.45, 2.75) is 18.4 Å². The number of ether oxygens (including phenoxy) is 1. The summed E-state index contributed by atoms with van der Waals surface area (Å²) < 4.78 is 32.2. The molecule has 4 rings (SSSR count). The Labute approximate surface area is 170 Å². The molecule has 0 saturated carbocycles. The average molecular weight is 423 g/mol. The number of carbonyl (C=O) groups excluding carboxylic acids is 1. The van der Waals surface area contributed by atoms with Crippen LogP contribution < -0.4 is 10.1 Å². The van der Waals surface area contributed by atoms with Crippen molar-refractivity contribution in [2.24, 2.45) is 0 Å². The fourth-order valence-corrected chi connectivity index (χ4v) is 3.88. The van der Waals surface area contributed by atoms with E-state index in [4.69, 9.17) is 21.4 Å². The molecule has 2 heterocycles. The van der Waals surface area contributed by atoms with E-state index < -0.39 is 37.1 Å². The van der Waals surface area contributed by atoms with Crippen LogP contribution in [0.4, 0.5) is 13.6 Å². The fourth-order valence-electron chi connectivity index (χ4n) is 3.66. The van der Waals surface area contributed by atoms with E-state index in [0.717, 1.165) is 10.5 Å². The van der Waals surface area contributed by atoms with Gasteiger partial charge >= 0.3 is 6.09 Å². The zero-order valence-corrected chi connectivity index (χ0v) is 15.9. The Bertz CT molecular complexity index is 990. The molecular formula is C20H17ClF2N2O4. The highest BCUT2D eigenvalue weighted by atomic mass is 35.5. The van der Waals surface area contributed by atoms with Gasteiger partial charge in [-0.1, -0.05) is 35.9 Å². The second-order valence-corrected chi connectivity index (χ2v) is 7.50. The number of amides is 2. The summed E-state index contributed by atoms with van der Waals surface area (Å²) in [6.07, 6.45) is -1.19. The molecule has 0 radical (unpaired) electrons. The normalized spacial score (nSPS) is 19.1. The molecule has 2 N–H and O–H groups in total. The second-order valence-electron chi connectivity index (χ2n) is 7.10. The van der Waals surface area contributed by atoms with Crippen molar-refractivity contribution in [3.05, 3.63) is 52.5 Å². The maximum Gasteiger partial charge on any atom is 0.404 e. The van der Waals surface area contributed by atoms with E-state index in [2.05, 4.69) is 5.32 Å². The predicted molar refractivity (Wildman–Crippen MR) is 102 cm³/mol. The first-order valence-electron chi connectivity index (χ1n) is 8.96. The minimum atomic E-state index is -2.84. The highest BCUT2D eigenvalue weighted by Crippen LogP contribution is 2.43. The molecule has 9 heteroatoms. The first-order chi connectivity index (χ1) is 13.7. The SMILES string of the molecule is O=C(O)NCC1Cc2c(-c3ccccc3C(=O)N3CC(F)(F)C3)ccc(Cl)c2O1. The van der Waals surface area contributed by atoms with Crippen LogP contribution in [0, 0.1) is 0 Å². The lowest BCUT2D eigenvalue weighted by Crippen LogP contribution is -2.58. The third-order valence-electron chi connectivity index (χ3n) is 4.99. The van der Waals surface area contributed by atoms with Crippen LogP contribution in [0.15, 0.2) is 36.4 Å². The predicted octanol–water partition coefficient (Wildman–Crippen LogP) is 3.67. The van der Waals surface area contributed by atoms with Gasteiger partial charge in [0.25, 0.3) is 11.8 Å². The Morgan fingerprint density at radius 3 is 2.62 bits per heavy atom. The van der Waals surface area contributed by atoms with Gasteiger partial charge < -0.3 is 20.1 Å². The van der Waals surface area contributed by atoms with Gasteiger partial charge in [0.15, 0.2) is 0 Å². The summed E-state index contributed by atoms with van der Waals surface area (Å²) in [6, 6.07) is 10.2. The van der Waals surface area contributed by atoms with Crippen LogP contribution >= 0.6 is 11.6 Å². The molecule has 29 heavy (non-hydrogen) atoms. The zero-order valence-electron chi connectivity index (χ0n) is 15.1. The topological polar surface area (TPSA) is 78.9 Å². The van der Waals surface area contributed by atoms with Crippen molar-refractivity contribution in [1.82, 2.24) is 10.2 Å². The smallest absolute Gasteiger partial charge is 0.404 e. The third kappa shape index (κ3) is 3.72. The van der Waals surface area contributed by atoms with Crippen LogP contribution in [-0.4, -0.2) is 53.7 Å². The van der Waals surface area contributed by atoms with Crippen molar-refractivity contribution in [3.63, 3.8) is 0 Å². The molecule has 2 amide bonds. The molecule has 2 aliphatic rings. The van der Waals surface area contributed by atoms with Crippen LogP contribution in [0.1, 0.15) is 15.9 Å². The molecule has 6 nitrogen and oxygen atoms in total. The van der Waals surface area contributed by atoms with Gasteiger partial charge in [-0.25, -0.2) is 13.6 Å². The first-order valence-corrected chi connectivity index (χ1v) is 9.34. The fraction of sp³-hybridized carbons (Fsp3) is 0.300. The Morgan fingerprint density at radius 1 is 1.21 bits per heavy atom. The van der Waals surface area contributed by atoms with E-state index in [1.807, 2.05) is 0 Å². The zero-order chi connectivity index (χ0) is 20.8. The Kier molecular flexibility index (Phi) is 4.82. The average Bonchev–Trinajstić information content (AvgIpc) is 3.09. The lowest BCUT2D eigenvalue weighted by Gasteiger charge is -2.39. The van der Waals surface area contributed by atoms with E-state index in [1.54, 1.807) is 36.4 Å². The van der Waals surface area contributed by atoms with Crippen molar-refractivity contribution >= 4 is 23.6 Å². The number of nitrogens with zero attached hydrogens (tertiary/aromatic N) is 1. The number of halogens is 3. The monoisotopic (exact) mass is 422 g/mol. The van der Waals surface area contributed by atoms with Crippen LogP contribution in [0.25, 0.3) is 11.1 Å². The number of likely N-dealkylation sites (tertiary alicyclic amines) is 1. The van der Waals surface area contributed by atoms with Crippen LogP contribution in [0.5, 0.6) is 5.75 Å². The van der Waals surface area contributed by atoms with E-state index in [0.29, 0.717) is 33.9 Å². The molecular weight excluding hydrogens is 406 g/mol. The summed E-state index contributed by atoms with van der Waals surface area (Å²) >= 11 is 6.25. The third-order valence-corrected chi connectivity index (χ3v) is 5.29. The minimum Gasteiger partial charge on any atom is -0.486 e. The Hall–Kier alpha value is -2.87. The number of rotatable bonds is 4. The molecule has 1 fully saturated rings. The number of benzene rings is 2. The highest BCUT2D eigenvalue weighted by molar-refractivity contribution is 6.32. The lowest BCUT2D eigenvalue weighted by atomic mass is 9.92. The largest absolute Gasteiger partial charge is 0.486 e. The number of fused-ring (bicyclic) bond motifs is 1.